The normalized spacial score (nSPS) is 26.2. The fourth-order valence-electron chi connectivity index (χ4n) is 7.71. The summed E-state index contributed by atoms with van der Waals surface area (Å²) in [7, 11) is 2.14. The van der Waals surface area contributed by atoms with Crippen LogP contribution >= 0.6 is 11.6 Å². The number of likely N-dealkylation sites (N-methyl/N-ethyl adjacent to an activating group) is 1. The van der Waals surface area contributed by atoms with Crippen molar-refractivity contribution in [1.82, 2.24) is 19.8 Å². The van der Waals surface area contributed by atoms with Gasteiger partial charge in [0.15, 0.2) is 6.10 Å². The Morgan fingerprint density at radius 3 is 2.70 bits per heavy atom. The van der Waals surface area contributed by atoms with Gasteiger partial charge >= 0.3 is 6.01 Å². The zero-order valence-electron chi connectivity index (χ0n) is 26.7. The number of carbonyl (C=O) groups excluding carboxylic acids is 1. The lowest BCUT2D eigenvalue weighted by Gasteiger charge is -2.41. The van der Waals surface area contributed by atoms with Gasteiger partial charge in [0.25, 0.3) is 5.91 Å². The molecule has 2 aromatic carbocycles. The van der Waals surface area contributed by atoms with E-state index in [-0.39, 0.29) is 24.6 Å². The van der Waals surface area contributed by atoms with Crippen LogP contribution in [-0.2, 0) is 27.2 Å². The van der Waals surface area contributed by atoms with Crippen LogP contribution in [0.4, 0.5) is 11.5 Å². The van der Waals surface area contributed by atoms with E-state index in [1.165, 1.54) is 0 Å². The molecular formula is C35H40ClN7O4. The standard InChI is InChI=1S/C35H40ClN7O4/c1-37-16-25-17-42(14-15-43(25)34(44)32-31(47-32)23-19-45-20-23)33-26-11-13-41(29-10-4-7-22-6-3-9-27(36)30(22)29)18-28(26)38-35(39-33)46-21-24-8-5-12-40(24)2/h3-4,6-7,9-10,23-25,31-32H,5,8,11-21H2,2H3/t24-,25-,31+,32-/m0/s1. The second kappa shape index (κ2) is 12.7. The number of hydrogen-bond donors (Lipinski definition) is 0. The van der Waals surface area contributed by atoms with Crippen molar-refractivity contribution in [2.45, 2.75) is 50.1 Å². The molecule has 12 heteroatoms. The average Bonchev–Trinajstić information content (AvgIpc) is 3.72. The van der Waals surface area contributed by atoms with Gasteiger partial charge in [0.1, 0.15) is 24.6 Å². The number of carbonyl (C=O) groups is 1. The second-order valence-electron chi connectivity index (χ2n) is 13.4. The van der Waals surface area contributed by atoms with Crippen LogP contribution in [0.5, 0.6) is 6.01 Å². The van der Waals surface area contributed by atoms with Crippen molar-refractivity contribution in [2.75, 3.05) is 75.9 Å². The highest BCUT2D eigenvalue weighted by Gasteiger charge is 2.54. The number of aromatic nitrogens is 2. The summed E-state index contributed by atoms with van der Waals surface area (Å²) in [6, 6.07) is 12.8. The Morgan fingerprint density at radius 1 is 1.09 bits per heavy atom. The molecule has 4 fully saturated rings. The van der Waals surface area contributed by atoms with Gasteiger partial charge < -0.3 is 38.7 Å². The molecule has 0 radical (unpaired) electrons. The summed E-state index contributed by atoms with van der Waals surface area (Å²) in [6.45, 7) is 13.9. The van der Waals surface area contributed by atoms with Crippen LogP contribution in [0.3, 0.4) is 0 Å². The Hall–Kier alpha value is -3.69. The van der Waals surface area contributed by atoms with Crippen LogP contribution in [0.15, 0.2) is 36.4 Å². The lowest BCUT2D eigenvalue weighted by Crippen LogP contribution is -2.58. The summed E-state index contributed by atoms with van der Waals surface area (Å²) in [5, 5.41) is 2.89. The lowest BCUT2D eigenvalue weighted by molar-refractivity contribution is -0.135. The number of hydrogen-bond acceptors (Lipinski definition) is 9. The molecule has 5 aliphatic heterocycles. The van der Waals surface area contributed by atoms with Crippen LogP contribution in [0, 0.1) is 12.5 Å². The van der Waals surface area contributed by atoms with Gasteiger partial charge in [-0.1, -0.05) is 35.9 Å². The molecule has 6 heterocycles. The maximum Gasteiger partial charge on any atom is 0.318 e. The molecule has 0 bridgehead atoms. The van der Waals surface area contributed by atoms with Gasteiger partial charge in [0, 0.05) is 54.8 Å². The summed E-state index contributed by atoms with van der Waals surface area (Å²) in [5.74, 6) is 1.15. The van der Waals surface area contributed by atoms with E-state index in [0.717, 1.165) is 70.9 Å². The van der Waals surface area contributed by atoms with Crippen molar-refractivity contribution in [3.63, 3.8) is 0 Å². The topological polar surface area (TPSA) is 91.2 Å². The number of halogens is 1. The predicted molar refractivity (Wildman–Crippen MR) is 179 cm³/mol. The second-order valence-corrected chi connectivity index (χ2v) is 13.8. The molecule has 11 nitrogen and oxygen atoms in total. The molecule has 47 heavy (non-hydrogen) atoms. The van der Waals surface area contributed by atoms with Gasteiger partial charge in [0.05, 0.1) is 30.5 Å². The minimum atomic E-state index is -0.419. The number of benzene rings is 2. The van der Waals surface area contributed by atoms with Crippen molar-refractivity contribution in [3.05, 3.63) is 64.1 Å². The van der Waals surface area contributed by atoms with E-state index in [1.54, 1.807) is 0 Å². The molecule has 5 aliphatic rings. The van der Waals surface area contributed by atoms with Crippen molar-refractivity contribution >= 4 is 39.8 Å². The number of epoxide rings is 1. The monoisotopic (exact) mass is 657 g/mol. The van der Waals surface area contributed by atoms with Crippen LogP contribution in [-0.4, -0.2) is 116 Å². The number of fused-ring (bicyclic) bond motifs is 2. The zero-order valence-corrected chi connectivity index (χ0v) is 27.4. The molecule has 0 aliphatic carbocycles. The third-order valence-electron chi connectivity index (χ3n) is 10.5. The largest absolute Gasteiger partial charge is 0.462 e. The maximum absolute atomic E-state index is 13.5. The van der Waals surface area contributed by atoms with Gasteiger partial charge in [-0.25, -0.2) is 6.57 Å². The van der Waals surface area contributed by atoms with E-state index in [0.29, 0.717) is 64.0 Å². The first-order valence-electron chi connectivity index (χ1n) is 16.8. The molecule has 0 saturated carbocycles. The Morgan fingerprint density at radius 2 is 1.94 bits per heavy atom. The van der Waals surface area contributed by atoms with E-state index < -0.39 is 6.10 Å². The highest BCUT2D eigenvalue weighted by atomic mass is 35.5. The molecular weight excluding hydrogens is 618 g/mol. The molecule has 0 N–H and O–H groups in total. The average molecular weight is 658 g/mol. The summed E-state index contributed by atoms with van der Waals surface area (Å²) in [4.78, 5) is 36.1. The van der Waals surface area contributed by atoms with Crippen molar-refractivity contribution < 1.29 is 19.0 Å². The van der Waals surface area contributed by atoms with E-state index >= 15 is 0 Å². The molecule has 246 valence electrons. The van der Waals surface area contributed by atoms with Crippen LogP contribution in [0.2, 0.25) is 5.02 Å². The highest BCUT2D eigenvalue weighted by molar-refractivity contribution is 6.36. The van der Waals surface area contributed by atoms with Gasteiger partial charge in [-0.3, -0.25) is 4.79 Å². The molecule has 0 unspecified atom stereocenters. The third kappa shape index (κ3) is 5.86. The molecule has 3 aromatic rings. The van der Waals surface area contributed by atoms with E-state index in [4.69, 9.17) is 42.4 Å². The van der Waals surface area contributed by atoms with Crippen LogP contribution in [0.1, 0.15) is 24.1 Å². The van der Waals surface area contributed by atoms with Crippen molar-refractivity contribution in [3.8, 4) is 6.01 Å². The quantitative estimate of drug-likeness (QED) is 0.266. The number of amides is 1. The Labute approximate surface area is 280 Å². The minimum absolute atomic E-state index is 0.00554. The van der Waals surface area contributed by atoms with Gasteiger partial charge in [-0.05, 0) is 50.4 Å². The van der Waals surface area contributed by atoms with E-state index in [1.807, 2.05) is 17.0 Å². The molecule has 0 spiro atoms. The van der Waals surface area contributed by atoms with Crippen molar-refractivity contribution in [1.29, 1.82) is 0 Å². The Bertz CT molecular complexity index is 1710. The Kier molecular flexibility index (Phi) is 8.30. The molecule has 4 saturated heterocycles. The number of nitrogens with zero attached hydrogens (tertiary/aromatic N) is 7. The summed E-state index contributed by atoms with van der Waals surface area (Å²) in [6.07, 6.45) is 2.53. The van der Waals surface area contributed by atoms with Crippen LogP contribution < -0.4 is 14.5 Å². The van der Waals surface area contributed by atoms with Gasteiger partial charge in [-0.15, -0.1) is 0 Å². The highest BCUT2D eigenvalue weighted by Crippen LogP contribution is 2.39. The van der Waals surface area contributed by atoms with E-state index in [2.05, 4.69) is 50.9 Å². The number of ether oxygens (including phenoxy) is 3. The first-order valence-corrected chi connectivity index (χ1v) is 17.1. The van der Waals surface area contributed by atoms with Crippen LogP contribution in [0.25, 0.3) is 15.6 Å². The molecule has 1 aromatic heterocycles. The lowest BCUT2D eigenvalue weighted by atomic mass is 10.00. The predicted octanol–water partition coefficient (Wildman–Crippen LogP) is 3.67. The smallest absolute Gasteiger partial charge is 0.318 e. The SMILES string of the molecule is [C-]#[N+]C[C@H]1CN(c2nc(OC[C@@H]3CCCN3C)nc3c2CCN(c2cccc4cccc(Cl)c24)C3)CCN1C(=O)[C@H]1O[C@@H]1C1COC1. The number of anilines is 2. The number of likely N-dealkylation sites (tertiary alicyclic amines) is 1. The fraction of sp³-hybridized carbons (Fsp3) is 0.543. The summed E-state index contributed by atoms with van der Waals surface area (Å²) < 4.78 is 17.5. The summed E-state index contributed by atoms with van der Waals surface area (Å²) >= 11 is 6.73. The number of rotatable bonds is 8. The first-order chi connectivity index (χ1) is 23.0. The fourth-order valence-corrected chi connectivity index (χ4v) is 7.99. The first kappa shape index (κ1) is 30.6. The third-order valence-corrected chi connectivity index (χ3v) is 10.9. The number of piperazine rings is 1. The molecule has 4 atom stereocenters. The van der Waals surface area contributed by atoms with Gasteiger partial charge in [0.2, 0.25) is 6.54 Å². The zero-order chi connectivity index (χ0) is 32.1. The Balaban J connectivity index is 1.08. The van der Waals surface area contributed by atoms with E-state index in [9.17, 15) is 4.79 Å². The minimum Gasteiger partial charge on any atom is -0.462 e. The molecule has 8 rings (SSSR count). The van der Waals surface area contributed by atoms with Gasteiger partial charge in [-0.2, -0.15) is 9.97 Å². The summed E-state index contributed by atoms with van der Waals surface area (Å²) in [5.41, 5.74) is 3.14. The maximum atomic E-state index is 13.5. The van der Waals surface area contributed by atoms with Crippen molar-refractivity contribution in [2.24, 2.45) is 5.92 Å². The molecule has 1 amide bonds.